The van der Waals surface area contributed by atoms with Crippen LogP contribution in [-0.4, -0.2) is 24.8 Å². The molecule has 0 saturated carbocycles. The predicted octanol–water partition coefficient (Wildman–Crippen LogP) is 4.21. The van der Waals surface area contributed by atoms with Crippen LogP contribution in [0.3, 0.4) is 0 Å². The van der Waals surface area contributed by atoms with Crippen LogP contribution in [-0.2, 0) is 30.2 Å². The van der Waals surface area contributed by atoms with Crippen LogP contribution in [0.4, 0.5) is 4.39 Å². The number of ether oxygens (including phenoxy) is 2. The van der Waals surface area contributed by atoms with E-state index in [4.69, 9.17) is 13.8 Å². The second-order valence-electron chi connectivity index (χ2n) is 6.04. The van der Waals surface area contributed by atoms with Crippen molar-refractivity contribution in [1.82, 2.24) is 0 Å². The summed E-state index contributed by atoms with van der Waals surface area (Å²) in [6.07, 6.45) is -0.179. The first-order valence-electron chi connectivity index (χ1n) is 7.51. The van der Waals surface area contributed by atoms with Gasteiger partial charge in [-0.15, -0.1) is 0 Å². The molecule has 0 radical (unpaired) electrons. The van der Waals surface area contributed by atoms with Gasteiger partial charge in [0.25, 0.3) is 0 Å². The minimum atomic E-state index is -0.855. The Kier molecular flexibility index (Phi) is 5.90. The predicted molar refractivity (Wildman–Crippen MR) is 88.5 cm³/mol. The van der Waals surface area contributed by atoms with Crippen molar-refractivity contribution in [2.24, 2.45) is 0 Å². The second-order valence-corrected chi connectivity index (χ2v) is 6.79. The van der Waals surface area contributed by atoms with Gasteiger partial charge in [0, 0.05) is 4.90 Å². The van der Waals surface area contributed by atoms with E-state index in [9.17, 15) is 9.18 Å². The van der Waals surface area contributed by atoms with Gasteiger partial charge in [-0.05, 0) is 51.0 Å². The standard InChI is InChI=1S/C17H21FO5S/c1-10(2)21-15-14(17(3,4)22-16(15)19)11-6-7-13(24-23-20-5)12(8-11)9-18/h6-8,10H,9H2,1-5H3. The van der Waals surface area contributed by atoms with Crippen molar-refractivity contribution in [3.8, 4) is 0 Å². The van der Waals surface area contributed by atoms with Gasteiger partial charge in [0.05, 0.1) is 30.8 Å². The van der Waals surface area contributed by atoms with E-state index in [1.165, 1.54) is 7.11 Å². The SMILES string of the molecule is COOSc1ccc(C2=C(OC(C)C)C(=O)OC2(C)C)cc1CF. The molecule has 5 nitrogen and oxygen atoms in total. The van der Waals surface area contributed by atoms with Gasteiger partial charge in [-0.2, -0.15) is 4.33 Å². The van der Waals surface area contributed by atoms with Crippen molar-refractivity contribution in [3.63, 3.8) is 0 Å². The third kappa shape index (κ3) is 3.91. The summed E-state index contributed by atoms with van der Waals surface area (Å²) in [5, 5.41) is 0. The first kappa shape index (κ1) is 18.8. The van der Waals surface area contributed by atoms with Gasteiger partial charge in [-0.1, -0.05) is 6.07 Å². The number of hydrogen-bond donors (Lipinski definition) is 0. The highest BCUT2D eigenvalue weighted by atomic mass is 32.2. The van der Waals surface area contributed by atoms with Gasteiger partial charge in [0.2, 0.25) is 5.76 Å². The Morgan fingerprint density at radius 2 is 2.04 bits per heavy atom. The van der Waals surface area contributed by atoms with Crippen molar-refractivity contribution >= 4 is 23.6 Å². The molecule has 0 aromatic heterocycles. The molecule has 1 heterocycles. The number of halogens is 1. The summed E-state index contributed by atoms with van der Waals surface area (Å²) in [4.78, 5) is 17.3. The fraction of sp³-hybridized carbons (Fsp3) is 0.471. The average Bonchev–Trinajstić information content (AvgIpc) is 2.73. The topological polar surface area (TPSA) is 54.0 Å². The Morgan fingerprint density at radius 1 is 1.33 bits per heavy atom. The Labute approximate surface area is 145 Å². The minimum absolute atomic E-state index is 0.174. The Bertz CT molecular complexity index is 654. The normalized spacial score (nSPS) is 16.7. The maximum atomic E-state index is 13.4. The molecule has 132 valence electrons. The quantitative estimate of drug-likeness (QED) is 0.316. The third-order valence-corrected chi connectivity index (χ3v) is 4.18. The van der Waals surface area contributed by atoms with Crippen molar-refractivity contribution in [2.45, 2.75) is 51.0 Å². The zero-order valence-corrected chi connectivity index (χ0v) is 15.2. The van der Waals surface area contributed by atoms with Crippen LogP contribution in [0.5, 0.6) is 0 Å². The maximum Gasteiger partial charge on any atom is 0.374 e. The van der Waals surface area contributed by atoms with Crippen LogP contribution >= 0.6 is 12.0 Å². The van der Waals surface area contributed by atoms with Crippen LogP contribution in [0.1, 0.15) is 38.8 Å². The molecule has 0 bridgehead atoms. The van der Waals surface area contributed by atoms with Crippen molar-refractivity contribution < 1.29 is 27.9 Å². The van der Waals surface area contributed by atoms with Gasteiger partial charge in [0.1, 0.15) is 12.3 Å². The average molecular weight is 356 g/mol. The molecule has 2 rings (SSSR count). The lowest BCUT2D eigenvalue weighted by molar-refractivity contribution is -0.160. The van der Waals surface area contributed by atoms with Crippen LogP contribution < -0.4 is 0 Å². The van der Waals surface area contributed by atoms with Gasteiger partial charge in [-0.3, -0.25) is 0 Å². The molecular formula is C17H21FO5S. The van der Waals surface area contributed by atoms with E-state index in [-0.39, 0.29) is 11.9 Å². The van der Waals surface area contributed by atoms with E-state index in [0.29, 0.717) is 21.6 Å². The lowest BCUT2D eigenvalue weighted by atomic mass is 9.91. The third-order valence-electron chi connectivity index (χ3n) is 3.40. The smallest absolute Gasteiger partial charge is 0.374 e. The fourth-order valence-corrected chi connectivity index (χ4v) is 3.00. The largest absolute Gasteiger partial charge is 0.484 e. The maximum absolute atomic E-state index is 13.4. The summed E-state index contributed by atoms with van der Waals surface area (Å²) in [6.45, 7) is 6.55. The molecule has 0 N–H and O–H groups in total. The molecule has 0 unspecified atom stereocenters. The first-order chi connectivity index (χ1) is 11.3. The minimum Gasteiger partial charge on any atom is -0.484 e. The summed E-state index contributed by atoms with van der Waals surface area (Å²) in [5.41, 5.74) is 0.865. The molecule has 1 aromatic rings. The van der Waals surface area contributed by atoms with Crippen LogP contribution in [0.25, 0.3) is 5.57 Å². The number of hydrogen-bond acceptors (Lipinski definition) is 6. The van der Waals surface area contributed by atoms with Gasteiger partial charge in [0.15, 0.2) is 0 Å². The van der Waals surface area contributed by atoms with E-state index in [1.807, 2.05) is 13.8 Å². The molecule has 1 aliphatic heterocycles. The van der Waals surface area contributed by atoms with E-state index in [2.05, 4.69) is 4.89 Å². The summed E-state index contributed by atoms with van der Waals surface area (Å²) in [7, 11) is 1.38. The lowest BCUT2D eigenvalue weighted by Gasteiger charge is -2.22. The molecule has 0 saturated heterocycles. The summed E-state index contributed by atoms with van der Waals surface area (Å²) < 4.78 is 29.3. The van der Waals surface area contributed by atoms with Crippen LogP contribution in [0.15, 0.2) is 28.9 Å². The summed E-state index contributed by atoms with van der Waals surface area (Å²) in [5.74, 6) is -0.333. The Hall–Kier alpha value is -1.57. The van der Waals surface area contributed by atoms with Crippen molar-refractivity contribution in [1.29, 1.82) is 0 Å². The Balaban J connectivity index is 2.50. The molecule has 1 aromatic carbocycles. The van der Waals surface area contributed by atoms with Crippen LogP contribution in [0, 0.1) is 0 Å². The van der Waals surface area contributed by atoms with E-state index in [0.717, 1.165) is 12.0 Å². The molecule has 7 heteroatoms. The van der Waals surface area contributed by atoms with E-state index >= 15 is 0 Å². The lowest BCUT2D eigenvalue weighted by Crippen LogP contribution is -2.22. The number of esters is 1. The highest BCUT2D eigenvalue weighted by Gasteiger charge is 2.43. The summed E-state index contributed by atoms with van der Waals surface area (Å²) >= 11 is 0.927. The molecule has 24 heavy (non-hydrogen) atoms. The fourth-order valence-electron chi connectivity index (χ4n) is 2.52. The van der Waals surface area contributed by atoms with Crippen LogP contribution in [0.2, 0.25) is 0 Å². The number of benzene rings is 1. The van der Waals surface area contributed by atoms with E-state index in [1.54, 1.807) is 32.0 Å². The second kappa shape index (κ2) is 7.55. The number of cyclic esters (lactones) is 1. The highest BCUT2D eigenvalue weighted by molar-refractivity contribution is 7.94. The molecule has 0 fully saturated rings. The zero-order chi connectivity index (χ0) is 17.9. The van der Waals surface area contributed by atoms with Gasteiger partial charge in [-0.25, -0.2) is 14.1 Å². The van der Waals surface area contributed by atoms with Gasteiger partial charge >= 0.3 is 5.97 Å². The number of alkyl halides is 1. The summed E-state index contributed by atoms with van der Waals surface area (Å²) in [6, 6.07) is 5.17. The number of carbonyl (C=O) groups excluding carboxylic acids is 1. The first-order valence-corrected chi connectivity index (χ1v) is 8.25. The van der Waals surface area contributed by atoms with Crippen molar-refractivity contribution in [3.05, 3.63) is 35.1 Å². The molecule has 0 atom stereocenters. The molecular weight excluding hydrogens is 335 g/mol. The number of carbonyl (C=O) groups is 1. The van der Waals surface area contributed by atoms with Crippen molar-refractivity contribution in [2.75, 3.05) is 7.11 Å². The molecule has 0 aliphatic carbocycles. The number of rotatable bonds is 7. The molecule has 0 amide bonds. The monoisotopic (exact) mass is 356 g/mol. The zero-order valence-electron chi connectivity index (χ0n) is 14.3. The van der Waals surface area contributed by atoms with Gasteiger partial charge < -0.3 is 9.47 Å². The molecule has 0 spiro atoms. The van der Waals surface area contributed by atoms with E-state index < -0.39 is 18.2 Å². The Morgan fingerprint density at radius 3 is 2.62 bits per heavy atom. The molecule has 1 aliphatic rings. The highest BCUT2D eigenvalue weighted by Crippen LogP contribution is 2.41.